The summed E-state index contributed by atoms with van der Waals surface area (Å²) in [5.41, 5.74) is 0.157. The Labute approximate surface area is 121 Å². The SMILES string of the molecule is O=C1C2CCCN2C(=O)CCN1c1cccc(Cl)c1F. The molecule has 2 heterocycles. The lowest BCUT2D eigenvalue weighted by atomic mass is 10.2. The van der Waals surface area contributed by atoms with Crippen molar-refractivity contribution < 1.29 is 14.0 Å². The van der Waals surface area contributed by atoms with Crippen LogP contribution in [0, 0.1) is 5.82 Å². The van der Waals surface area contributed by atoms with Crippen molar-refractivity contribution in [3.05, 3.63) is 29.0 Å². The van der Waals surface area contributed by atoms with E-state index in [0.29, 0.717) is 13.0 Å². The lowest BCUT2D eigenvalue weighted by molar-refractivity contribution is -0.135. The van der Waals surface area contributed by atoms with Crippen molar-refractivity contribution in [2.45, 2.75) is 25.3 Å². The Morgan fingerprint density at radius 3 is 2.85 bits per heavy atom. The topological polar surface area (TPSA) is 40.6 Å². The van der Waals surface area contributed by atoms with Crippen LogP contribution < -0.4 is 4.90 Å². The molecular weight excluding hydrogens is 283 g/mol. The Kier molecular flexibility index (Phi) is 3.38. The largest absolute Gasteiger partial charge is 0.331 e. The molecule has 2 fully saturated rings. The Hall–Kier alpha value is -1.62. The van der Waals surface area contributed by atoms with Crippen molar-refractivity contribution >= 4 is 29.1 Å². The van der Waals surface area contributed by atoms with E-state index in [4.69, 9.17) is 11.6 Å². The number of amides is 2. The molecule has 2 saturated heterocycles. The molecule has 2 amide bonds. The van der Waals surface area contributed by atoms with Crippen LogP contribution in [0.1, 0.15) is 19.3 Å². The van der Waals surface area contributed by atoms with E-state index >= 15 is 0 Å². The predicted octanol–water partition coefficient (Wildman–Crippen LogP) is 2.21. The van der Waals surface area contributed by atoms with Crippen molar-refractivity contribution in [1.29, 1.82) is 0 Å². The third-order valence-corrected chi connectivity index (χ3v) is 4.19. The van der Waals surface area contributed by atoms with E-state index in [1.807, 2.05) is 0 Å². The summed E-state index contributed by atoms with van der Waals surface area (Å²) in [5.74, 6) is -0.860. The molecule has 0 spiro atoms. The summed E-state index contributed by atoms with van der Waals surface area (Å²) in [7, 11) is 0. The highest BCUT2D eigenvalue weighted by molar-refractivity contribution is 6.31. The average molecular weight is 297 g/mol. The Morgan fingerprint density at radius 2 is 2.05 bits per heavy atom. The van der Waals surface area contributed by atoms with Gasteiger partial charge in [-0.1, -0.05) is 17.7 Å². The molecule has 0 radical (unpaired) electrons. The Bertz CT molecular complexity index is 578. The van der Waals surface area contributed by atoms with Crippen LogP contribution in [0.25, 0.3) is 0 Å². The number of rotatable bonds is 1. The third kappa shape index (κ3) is 2.06. The lowest BCUT2D eigenvalue weighted by Crippen LogP contribution is -2.44. The smallest absolute Gasteiger partial charge is 0.249 e. The minimum Gasteiger partial charge on any atom is -0.331 e. The predicted molar refractivity (Wildman–Crippen MR) is 73.1 cm³/mol. The second-order valence-electron chi connectivity index (χ2n) is 5.06. The van der Waals surface area contributed by atoms with Gasteiger partial charge in [-0.25, -0.2) is 4.39 Å². The highest BCUT2D eigenvalue weighted by Crippen LogP contribution is 2.30. The number of fused-ring (bicyclic) bond motifs is 1. The van der Waals surface area contributed by atoms with E-state index in [2.05, 4.69) is 0 Å². The van der Waals surface area contributed by atoms with Crippen LogP contribution >= 0.6 is 11.6 Å². The van der Waals surface area contributed by atoms with E-state index < -0.39 is 11.9 Å². The summed E-state index contributed by atoms with van der Waals surface area (Å²) in [6.45, 7) is 0.809. The van der Waals surface area contributed by atoms with Crippen molar-refractivity contribution in [3.8, 4) is 0 Å². The summed E-state index contributed by atoms with van der Waals surface area (Å²) >= 11 is 5.77. The van der Waals surface area contributed by atoms with Gasteiger partial charge in [0.1, 0.15) is 6.04 Å². The van der Waals surface area contributed by atoms with Gasteiger partial charge in [-0.05, 0) is 25.0 Å². The second-order valence-corrected chi connectivity index (χ2v) is 5.47. The zero-order chi connectivity index (χ0) is 14.3. The fourth-order valence-corrected chi connectivity index (χ4v) is 3.07. The molecule has 0 saturated carbocycles. The van der Waals surface area contributed by atoms with Gasteiger partial charge in [0.15, 0.2) is 5.82 Å². The summed E-state index contributed by atoms with van der Waals surface area (Å²) < 4.78 is 14.1. The number of benzene rings is 1. The van der Waals surface area contributed by atoms with Crippen LogP contribution in [-0.4, -0.2) is 35.8 Å². The molecule has 1 unspecified atom stereocenters. The maximum Gasteiger partial charge on any atom is 0.249 e. The molecule has 20 heavy (non-hydrogen) atoms. The maximum atomic E-state index is 14.1. The van der Waals surface area contributed by atoms with Gasteiger partial charge in [0, 0.05) is 19.5 Å². The summed E-state index contributed by atoms with van der Waals surface area (Å²) in [6.07, 6.45) is 1.67. The first-order valence-corrected chi connectivity index (χ1v) is 7.02. The van der Waals surface area contributed by atoms with Gasteiger partial charge in [0.25, 0.3) is 0 Å². The zero-order valence-corrected chi connectivity index (χ0v) is 11.6. The molecule has 4 nitrogen and oxygen atoms in total. The fourth-order valence-electron chi connectivity index (χ4n) is 2.90. The zero-order valence-electron chi connectivity index (χ0n) is 10.8. The van der Waals surface area contributed by atoms with E-state index in [1.54, 1.807) is 11.0 Å². The van der Waals surface area contributed by atoms with Crippen molar-refractivity contribution in [2.75, 3.05) is 18.0 Å². The van der Waals surface area contributed by atoms with Gasteiger partial charge in [-0.3, -0.25) is 9.59 Å². The van der Waals surface area contributed by atoms with Crippen LogP contribution in [0.15, 0.2) is 18.2 Å². The number of nitrogens with zero attached hydrogens (tertiary/aromatic N) is 2. The van der Waals surface area contributed by atoms with Crippen LogP contribution in [-0.2, 0) is 9.59 Å². The summed E-state index contributed by atoms with van der Waals surface area (Å²) in [5, 5.41) is -0.0193. The van der Waals surface area contributed by atoms with Crippen molar-refractivity contribution in [1.82, 2.24) is 4.90 Å². The molecule has 3 rings (SSSR count). The number of carbonyl (C=O) groups is 2. The van der Waals surface area contributed by atoms with Gasteiger partial charge in [-0.2, -0.15) is 0 Å². The molecule has 1 aromatic rings. The molecule has 0 bridgehead atoms. The molecule has 0 aromatic heterocycles. The number of hydrogen-bond acceptors (Lipinski definition) is 2. The lowest BCUT2D eigenvalue weighted by Gasteiger charge is -2.25. The maximum absolute atomic E-state index is 14.1. The van der Waals surface area contributed by atoms with Crippen LogP contribution in [0.4, 0.5) is 10.1 Å². The number of hydrogen-bond donors (Lipinski definition) is 0. The van der Waals surface area contributed by atoms with E-state index in [1.165, 1.54) is 17.0 Å². The first-order valence-electron chi connectivity index (χ1n) is 6.64. The van der Waals surface area contributed by atoms with Gasteiger partial charge >= 0.3 is 0 Å². The highest BCUT2D eigenvalue weighted by Gasteiger charge is 2.40. The summed E-state index contributed by atoms with van der Waals surface area (Å²) in [4.78, 5) is 27.5. The van der Waals surface area contributed by atoms with Gasteiger partial charge in [-0.15, -0.1) is 0 Å². The highest BCUT2D eigenvalue weighted by atomic mass is 35.5. The van der Waals surface area contributed by atoms with Crippen LogP contribution in [0.5, 0.6) is 0 Å². The van der Waals surface area contributed by atoms with E-state index in [-0.39, 0.29) is 35.5 Å². The van der Waals surface area contributed by atoms with E-state index in [0.717, 1.165) is 6.42 Å². The minimum absolute atomic E-state index is 0.0193. The first kappa shape index (κ1) is 13.4. The molecule has 106 valence electrons. The molecular formula is C14H14ClFN2O2. The molecule has 6 heteroatoms. The van der Waals surface area contributed by atoms with Crippen LogP contribution in [0.3, 0.4) is 0 Å². The number of carbonyl (C=O) groups excluding carboxylic acids is 2. The number of halogens is 2. The molecule has 2 aliphatic heterocycles. The first-order chi connectivity index (χ1) is 9.59. The molecule has 2 aliphatic rings. The quantitative estimate of drug-likeness (QED) is 0.797. The van der Waals surface area contributed by atoms with Gasteiger partial charge < -0.3 is 9.80 Å². The monoisotopic (exact) mass is 296 g/mol. The summed E-state index contributed by atoms with van der Waals surface area (Å²) in [6, 6.07) is 4.11. The standard InChI is InChI=1S/C14H14ClFN2O2/c15-9-3-1-4-10(13(9)16)18-8-6-12(19)17-7-2-5-11(17)14(18)20/h1,3-4,11H,2,5-8H2. The normalized spacial score (nSPS) is 23.0. The van der Waals surface area contributed by atoms with E-state index in [9.17, 15) is 14.0 Å². The van der Waals surface area contributed by atoms with Crippen molar-refractivity contribution in [3.63, 3.8) is 0 Å². The minimum atomic E-state index is -0.610. The fraction of sp³-hybridized carbons (Fsp3) is 0.429. The van der Waals surface area contributed by atoms with Crippen molar-refractivity contribution in [2.24, 2.45) is 0 Å². The second kappa shape index (κ2) is 5.05. The van der Waals surface area contributed by atoms with Gasteiger partial charge in [0.05, 0.1) is 10.7 Å². The molecule has 1 atom stereocenters. The Balaban J connectivity index is 1.99. The van der Waals surface area contributed by atoms with Gasteiger partial charge in [0.2, 0.25) is 11.8 Å². The Morgan fingerprint density at radius 1 is 1.25 bits per heavy atom. The molecule has 0 aliphatic carbocycles. The molecule has 1 aromatic carbocycles. The van der Waals surface area contributed by atoms with Crippen LogP contribution in [0.2, 0.25) is 5.02 Å². The third-order valence-electron chi connectivity index (χ3n) is 3.90. The number of anilines is 1. The average Bonchev–Trinajstić information content (AvgIpc) is 2.88. The molecule has 0 N–H and O–H groups in total.